The molecular formula is C18H21N3O4S. The van der Waals surface area contributed by atoms with Crippen molar-refractivity contribution in [2.75, 3.05) is 11.9 Å². The van der Waals surface area contributed by atoms with Crippen LogP contribution in [0.4, 0.5) is 5.00 Å². The van der Waals surface area contributed by atoms with E-state index in [4.69, 9.17) is 10.2 Å². The first-order chi connectivity index (χ1) is 12.5. The maximum atomic E-state index is 12.2. The molecule has 0 radical (unpaired) electrons. The summed E-state index contributed by atoms with van der Waals surface area (Å²) < 4.78 is 4.98. The largest absolute Gasteiger partial charge is 0.459 e. The number of fused-ring (bicyclic) bond motifs is 1. The number of furan rings is 1. The maximum absolute atomic E-state index is 12.2. The van der Waals surface area contributed by atoms with Crippen molar-refractivity contribution in [3.05, 3.63) is 40.2 Å². The van der Waals surface area contributed by atoms with E-state index in [9.17, 15) is 14.4 Å². The van der Waals surface area contributed by atoms with E-state index in [0.29, 0.717) is 16.5 Å². The van der Waals surface area contributed by atoms with Crippen molar-refractivity contribution in [2.24, 2.45) is 11.7 Å². The van der Waals surface area contributed by atoms with Crippen LogP contribution in [0.2, 0.25) is 0 Å². The third-order valence-corrected chi connectivity index (χ3v) is 5.56. The Morgan fingerprint density at radius 3 is 2.88 bits per heavy atom. The van der Waals surface area contributed by atoms with Crippen LogP contribution in [-0.4, -0.2) is 24.3 Å². The highest BCUT2D eigenvalue weighted by Crippen LogP contribution is 2.39. The van der Waals surface area contributed by atoms with Crippen molar-refractivity contribution in [1.82, 2.24) is 5.32 Å². The third kappa shape index (κ3) is 3.96. The van der Waals surface area contributed by atoms with Gasteiger partial charge in [-0.05, 0) is 42.9 Å². The third-order valence-electron chi connectivity index (χ3n) is 4.39. The molecule has 0 saturated carbocycles. The molecule has 138 valence electrons. The van der Waals surface area contributed by atoms with E-state index in [1.807, 2.05) is 0 Å². The molecule has 1 unspecified atom stereocenters. The Bertz CT molecular complexity index is 826. The molecule has 7 nitrogen and oxygen atoms in total. The van der Waals surface area contributed by atoms with Gasteiger partial charge in [-0.15, -0.1) is 11.3 Å². The summed E-state index contributed by atoms with van der Waals surface area (Å²) in [7, 11) is 0. The van der Waals surface area contributed by atoms with Crippen LogP contribution in [0.1, 0.15) is 51.1 Å². The van der Waals surface area contributed by atoms with Crippen LogP contribution in [0.15, 0.2) is 22.8 Å². The summed E-state index contributed by atoms with van der Waals surface area (Å²) in [6.07, 6.45) is 4.21. The molecule has 0 bridgehead atoms. The molecular weight excluding hydrogens is 354 g/mol. The lowest BCUT2D eigenvalue weighted by Crippen LogP contribution is -2.27. The Kier molecular flexibility index (Phi) is 5.41. The Labute approximate surface area is 154 Å². The number of hydrogen-bond acceptors (Lipinski definition) is 5. The number of nitrogens with one attached hydrogen (secondary N) is 2. The highest BCUT2D eigenvalue weighted by Gasteiger charge is 2.27. The van der Waals surface area contributed by atoms with Crippen LogP contribution in [0, 0.1) is 5.92 Å². The number of carbonyl (C=O) groups is 3. The molecule has 0 aromatic carbocycles. The fourth-order valence-electron chi connectivity index (χ4n) is 3.07. The zero-order valence-electron chi connectivity index (χ0n) is 14.5. The highest BCUT2D eigenvalue weighted by molar-refractivity contribution is 7.17. The lowest BCUT2D eigenvalue weighted by Gasteiger charge is -2.18. The Balaban J connectivity index is 1.60. The van der Waals surface area contributed by atoms with Crippen LogP contribution < -0.4 is 16.4 Å². The average Bonchev–Trinajstić information content (AvgIpc) is 3.21. The van der Waals surface area contributed by atoms with Crippen molar-refractivity contribution >= 4 is 34.1 Å². The zero-order valence-corrected chi connectivity index (χ0v) is 15.3. The van der Waals surface area contributed by atoms with Gasteiger partial charge < -0.3 is 20.8 Å². The summed E-state index contributed by atoms with van der Waals surface area (Å²) >= 11 is 1.43. The number of amides is 3. The number of primary amides is 1. The monoisotopic (exact) mass is 375 g/mol. The summed E-state index contributed by atoms with van der Waals surface area (Å²) in [5.41, 5.74) is 6.95. The molecule has 3 rings (SSSR count). The summed E-state index contributed by atoms with van der Waals surface area (Å²) in [4.78, 5) is 36.9. The fourth-order valence-corrected chi connectivity index (χ4v) is 4.51. The van der Waals surface area contributed by atoms with Gasteiger partial charge in [0, 0.05) is 17.8 Å². The van der Waals surface area contributed by atoms with Crippen LogP contribution in [0.25, 0.3) is 0 Å². The summed E-state index contributed by atoms with van der Waals surface area (Å²) in [5.74, 6) is -0.415. The molecule has 2 aromatic heterocycles. The van der Waals surface area contributed by atoms with E-state index in [1.54, 1.807) is 12.1 Å². The Hall–Kier alpha value is -2.61. The van der Waals surface area contributed by atoms with Gasteiger partial charge in [0.05, 0.1) is 11.8 Å². The van der Waals surface area contributed by atoms with E-state index in [1.165, 1.54) is 17.6 Å². The van der Waals surface area contributed by atoms with Crippen molar-refractivity contribution in [1.29, 1.82) is 0 Å². The molecule has 8 heteroatoms. The minimum Gasteiger partial charge on any atom is -0.459 e. The number of hydrogen-bond donors (Lipinski definition) is 3. The van der Waals surface area contributed by atoms with Crippen molar-refractivity contribution in [3.8, 4) is 0 Å². The molecule has 0 saturated heterocycles. The Morgan fingerprint density at radius 2 is 2.19 bits per heavy atom. The SMILES string of the molecule is CC1CCc2c(sc(NC(=O)CCNC(=O)c3ccco3)c2C(N)=O)C1. The smallest absolute Gasteiger partial charge is 0.286 e. The highest BCUT2D eigenvalue weighted by atomic mass is 32.1. The van der Waals surface area contributed by atoms with Gasteiger partial charge in [0.1, 0.15) is 5.00 Å². The second-order valence-corrected chi connectivity index (χ2v) is 7.56. The Morgan fingerprint density at radius 1 is 1.38 bits per heavy atom. The van der Waals surface area contributed by atoms with E-state index < -0.39 is 5.91 Å². The molecule has 2 heterocycles. The number of nitrogens with two attached hydrogens (primary N) is 1. The average molecular weight is 375 g/mol. The quantitative estimate of drug-likeness (QED) is 0.719. The number of carbonyl (C=O) groups excluding carboxylic acids is 3. The van der Waals surface area contributed by atoms with Crippen LogP contribution in [-0.2, 0) is 17.6 Å². The minimum absolute atomic E-state index is 0.0869. The number of thiophene rings is 1. The van der Waals surface area contributed by atoms with Gasteiger partial charge in [0.2, 0.25) is 5.91 Å². The van der Waals surface area contributed by atoms with E-state index in [-0.39, 0.29) is 30.5 Å². The molecule has 0 fully saturated rings. The first kappa shape index (κ1) is 18.2. The van der Waals surface area contributed by atoms with Crippen LogP contribution in [0.3, 0.4) is 0 Å². The van der Waals surface area contributed by atoms with Crippen molar-refractivity contribution < 1.29 is 18.8 Å². The molecule has 1 aliphatic rings. The van der Waals surface area contributed by atoms with Gasteiger partial charge in [-0.25, -0.2) is 0 Å². The van der Waals surface area contributed by atoms with Gasteiger partial charge in [-0.1, -0.05) is 6.92 Å². The second kappa shape index (κ2) is 7.74. The molecule has 3 amide bonds. The van der Waals surface area contributed by atoms with Gasteiger partial charge in [-0.3, -0.25) is 14.4 Å². The molecule has 2 aromatic rings. The molecule has 1 aliphatic carbocycles. The summed E-state index contributed by atoms with van der Waals surface area (Å²) in [6, 6.07) is 3.16. The lowest BCUT2D eigenvalue weighted by molar-refractivity contribution is -0.116. The molecule has 0 aliphatic heterocycles. The van der Waals surface area contributed by atoms with Gasteiger partial charge in [0.15, 0.2) is 5.76 Å². The standard InChI is InChI=1S/C18H21N3O4S/c1-10-4-5-11-13(9-10)26-18(15(11)16(19)23)21-14(22)6-7-20-17(24)12-3-2-8-25-12/h2-3,8,10H,4-7,9H2,1H3,(H2,19,23)(H,20,24)(H,21,22). The predicted octanol–water partition coefficient (Wildman–Crippen LogP) is 2.32. The predicted molar refractivity (Wildman–Crippen MR) is 98.3 cm³/mol. The van der Waals surface area contributed by atoms with Gasteiger partial charge in [-0.2, -0.15) is 0 Å². The minimum atomic E-state index is -0.515. The summed E-state index contributed by atoms with van der Waals surface area (Å²) in [5, 5.41) is 5.90. The first-order valence-electron chi connectivity index (χ1n) is 8.51. The maximum Gasteiger partial charge on any atom is 0.286 e. The number of rotatable bonds is 6. The van der Waals surface area contributed by atoms with Gasteiger partial charge in [0.25, 0.3) is 11.8 Å². The van der Waals surface area contributed by atoms with Crippen LogP contribution in [0.5, 0.6) is 0 Å². The summed E-state index contributed by atoms with van der Waals surface area (Å²) in [6.45, 7) is 2.34. The van der Waals surface area contributed by atoms with E-state index >= 15 is 0 Å². The molecule has 1 atom stereocenters. The van der Waals surface area contributed by atoms with E-state index in [0.717, 1.165) is 29.7 Å². The fraction of sp³-hybridized carbons (Fsp3) is 0.389. The normalized spacial score (nSPS) is 16.0. The zero-order chi connectivity index (χ0) is 18.7. The van der Waals surface area contributed by atoms with Crippen LogP contribution >= 0.6 is 11.3 Å². The molecule has 4 N–H and O–H groups in total. The van der Waals surface area contributed by atoms with E-state index in [2.05, 4.69) is 17.6 Å². The van der Waals surface area contributed by atoms with Crippen molar-refractivity contribution in [2.45, 2.75) is 32.6 Å². The molecule has 0 spiro atoms. The molecule has 26 heavy (non-hydrogen) atoms. The topological polar surface area (TPSA) is 114 Å². The van der Waals surface area contributed by atoms with Crippen molar-refractivity contribution in [3.63, 3.8) is 0 Å². The lowest BCUT2D eigenvalue weighted by atomic mass is 9.88. The second-order valence-electron chi connectivity index (χ2n) is 6.45. The first-order valence-corrected chi connectivity index (χ1v) is 9.33. The number of anilines is 1. The van der Waals surface area contributed by atoms with Gasteiger partial charge >= 0.3 is 0 Å².